The molecule has 0 radical (unpaired) electrons. The summed E-state index contributed by atoms with van der Waals surface area (Å²) in [5.74, 6) is 3.11. The van der Waals surface area contributed by atoms with Crippen molar-refractivity contribution in [3.63, 3.8) is 0 Å². The van der Waals surface area contributed by atoms with E-state index in [9.17, 15) is 0 Å². The first-order valence-electron chi connectivity index (χ1n) is 15.6. The molecule has 2 heterocycles. The average Bonchev–Trinajstić information content (AvgIpc) is 3.07. The third-order valence-corrected chi connectivity index (χ3v) is 9.49. The van der Waals surface area contributed by atoms with Gasteiger partial charge in [0, 0.05) is 23.6 Å². The zero-order valence-electron chi connectivity index (χ0n) is 23.9. The van der Waals surface area contributed by atoms with Gasteiger partial charge >= 0.3 is 0 Å². The molecule has 8 rings (SSSR count). The minimum atomic E-state index is -0.140. The maximum atomic E-state index is 5.26. The van der Waals surface area contributed by atoms with E-state index in [0.717, 1.165) is 62.3 Å². The molecule has 4 nitrogen and oxygen atoms in total. The molecule has 2 aliphatic heterocycles. The van der Waals surface area contributed by atoms with Gasteiger partial charge in [-0.05, 0) is 84.3 Å². The van der Waals surface area contributed by atoms with Gasteiger partial charge in [0.15, 0.2) is 0 Å². The third-order valence-electron chi connectivity index (χ3n) is 9.49. The Morgan fingerprint density at radius 1 is 0.881 bits per heavy atom. The van der Waals surface area contributed by atoms with Crippen molar-refractivity contribution in [1.29, 1.82) is 0 Å². The van der Waals surface area contributed by atoms with Crippen molar-refractivity contribution in [1.82, 2.24) is 5.32 Å². The van der Waals surface area contributed by atoms with E-state index < -0.39 is 0 Å². The molecular weight excluding hydrogens is 512 g/mol. The summed E-state index contributed by atoms with van der Waals surface area (Å²) in [7, 11) is 0. The van der Waals surface area contributed by atoms with Crippen LogP contribution >= 0.6 is 0 Å². The standard InChI is InChI=1S/C38H36N4/c1-3-9-30-23-32(20-14-25(30)7-1)37-40-36(41-38(42-37)33-21-15-26-8-2-4-10-31(26)24-33)29-18-16-27(17-19-29)34-13-5-11-28-12-6-22-39-35(28)34/h1-3,5,7-9,11,13,15-18,21-25,29-30,38H,4,6,10,12,14,19-20H2,(H,40,41,42)/t25?,29?,30-,38?/m0/s1. The molecule has 0 saturated heterocycles. The molecule has 0 saturated carbocycles. The fourth-order valence-electron chi connectivity index (χ4n) is 7.13. The summed E-state index contributed by atoms with van der Waals surface area (Å²) < 4.78 is 0. The molecule has 0 bridgehead atoms. The smallest absolute Gasteiger partial charge is 0.147 e. The fraction of sp³-hybridized carbons (Fsp3) is 0.289. The second kappa shape index (κ2) is 10.8. The first-order valence-corrected chi connectivity index (χ1v) is 15.6. The lowest BCUT2D eigenvalue weighted by Crippen LogP contribution is -2.36. The fourth-order valence-corrected chi connectivity index (χ4v) is 7.13. The Labute approximate surface area is 248 Å². The molecule has 0 fully saturated rings. The van der Waals surface area contributed by atoms with Gasteiger partial charge in [-0.2, -0.15) is 0 Å². The lowest BCUT2D eigenvalue weighted by Gasteiger charge is -2.32. The van der Waals surface area contributed by atoms with Gasteiger partial charge in [-0.15, -0.1) is 0 Å². The number of amidine groups is 2. The van der Waals surface area contributed by atoms with Crippen molar-refractivity contribution in [3.8, 4) is 0 Å². The Morgan fingerprint density at radius 3 is 2.79 bits per heavy atom. The Balaban J connectivity index is 1.12. The second-order valence-corrected chi connectivity index (χ2v) is 12.2. The van der Waals surface area contributed by atoms with Crippen LogP contribution in [-0.4, -0.2) is 17.9 Å². The average molecular weight is 549 g/mol. The summed E-state index contributed by atoms with van der Waals surface area (Å²) in [6, 6.07) is 13.4. The molecule has 0 spiro atoms. The summed E-state index contributed by atoms with van der Waals surface area (Å²) in [5, 5.41) is 3.76. The van der Waals surface area contributed by atoms with Crippen molar-refractivity contribution in [2.24, 2.45) is 32.7 Å². The largest absolute Gasteiger partial charge is 0.344 e. The molecule has 208 valence electrons. The summed E-state index contributed by atoms with van der Waals surface area (Å²) in [5.41, 5.74) is 10.2. The second-order valence-electron chi connectivity index (χ2n) is 12.2. The van der Waals surface area contributed by atoms with Crippen molar-refractivity contribution < 1.29 is 0 Å². The SMILES string of the molecule is C1=CC2CCC(C3=NC(C4C=CC(c5cccc6c5N=CCC6)=CC4)=NC(c4ccc5c(c4)CCC=C5)N3)=C[C@@H]2C=C1. The van der Waals surface area contributed by atoms with Gasteiger partial charge in [0.05, 0.1) is 5.69 Å². The van der Waals surface area contributed by atoms with Crippen LogP contribution in [0, 0.1) is 17.8 Å². The van der Waals surface area contributed by atoms with E-state index in [1.54, 1.807) is 0 Å². The zero-order valence-corrected chi connectivity index (χ0v) is 23.9. The van der Waals surface area contributed by atoms with Crippen molar-refractivity contribution in [2.45, 2.75) is 51.1 Å². The Bertz CT molecular complexity index is 1710. The molecule has 1 N–H and O–H groups in total. The number of aliphatic imine (C=N–C) groups is 3. The maximum absolute atomic E-state index is 5.26. The molecule has 42 heavy (non-hydrogen) atoms. The Morgan fingerprint density at radius 2 is 1.83 bits per heavy atom. The van der Waals surface area contributed by atoms with Crippen molar-refractivity contribution in [3.05, 3.63) is 124 Å². The number of allylic oxidation sites excluding steroid dienone is 9. The molecule has 6 aliphatic rings. The third kappa shape index (κ3) is 4.79. The number of hydrogen-bond acceptors (Lipinski definition) is 4. The Kier molecular flexibility index (Phi) is 6.55. The predicted molar refractivity (Wildman–Crippen MR) is 175 cm³/mol. The minimum Gasteiger partial charge on any atom is -0.344 e. The van der Waals surface area contributed by atoms with Crippen LogP contribution in [0.5, 0.6) is 0 Å². The molecule has 4 aliphatic carbocycles. The van der Waals surface area contributed by atoms with Crippen LogP contribution in [0.4, 0.5) is 5.69 Å². The number of aryl methyl sites for hydroxylation is 2. The van der Waals surface area contributed by atoms with E-state index in [1.807, 2.05) is 0 Å². The van der Waals surface area contributed by atoms with E-state index in [0.29, 0.717) is 11.8 Å². The molecule has 4 atom stereocenters. The summed E-state index contributed by atoms with van der Waals surface area (Å²) in [4.78, 5) is 15.3. The van der Waals surface area contributed by atoms with Crippen molar-refractivity contribution >= 4 is 35.2 Å². The molecule has 0 amide bonds. The van der Waals surface area contributed by atoms with Gasteiger partial charge in [0.25, 0.3) is 0 Å². The summed E-state index contributed by atoms with van der Waals surface area (Å²) in [6.45, 7) is 0. The highest BCUT2D eigenvalue weighted by Crippen LogP contribution is 2.38. The van der Waals surface area contributed by atoms with Crippen LogP contribution in [0.3, 0.4) is 0 Å². The first kappa shape index (κ1) is 25.4. The quantitative estimate of drug-likeness (QED) is 0.410. The van der Waals surface area contributed by atoms with Gasteiger partial charge in [0.1, 0.15) is 17.8 Å². The summed E-state index contributed by atoms with van der Waals surface area (Å²) >= 11 is 0. The van der Waals surface area contributed by atoms with Crippen LogP contribution in [0.2, 0.25) is 0 Å². The molecular formula is C38H36N4. The monoisotopic (exact) mass is 548 g/mol. The lowest BCUT2D eigenvalue weighted by molar-refractivity contribution is 0.484. The number of benzene rings is 2. The summed E-state index contributed by atoms with van der Waals surface area (Å²) in [6.07, 6.45) is 32.2. The van der Waals surface area contributed by atoms with Gasteiger partial charge in [0.2, 0.25) is 0 Å². The van der Waals surface area contributed by atoms with Crippen molar-refractivity contribution in [2.75, 3.05) is 0 Å². The first-order chi connectivity index (χ1) is 20.8. The zero-order chi connectivity index (χ0) is 27.9. The topological polar surface area (TPSA) is 49.1 Å². The number of hydrogen-bond donors (Lipinski definition) is 1. The van der Waals surface area contributed by atoms with E-state index in [4.69, 9.17) is 15.0 Å². The normalized spacial score (nSPS) is 27.1. The van der Waals surface area contributed by atoms with Crippen LogP contribution in [0.1, 0.15) is 66.1 Å². The number of rotatable bonds is 4. The highest BCUT2D eigenvalue weighted by molar-refractivity contribution is 6.09. The number of nitrogens with zero attached hydrogens (tertiary/aromatic N) is 3. The molecule has 0 aromatic heterocycles. The lowest BCUT2D eigenvalue weighted by atomic mass is 9.78. The highest BCUT2D eigenvalue weighted by atomic mass is 15.2. The van der Waals surface area contributed by atoms with E-state index in [-0.39, 0.29) is 12.1 Å². The van der Waals surface area contributed by atoms with Gasteiger partial charge in [-0.25, -0.2) is 9.98 Å². The van der Waals surface area contributed by atoms with E-state index in [1.165, 1.54) is 39.0 Å². The maximum Gasteiger partial charge on any atom is 0.147 e. The molecule has 4 heteroatoms. The highest BCUT2D eigenvalue weighted by Gasteiger charge is 2.29. The van der Waals surface area contributed by atoms with Crippen LogP contribution in [0.25, 0.3) is 11.6 Å². The Hall–Kier alpha value is -4.31. The van der Waals surface area contributed by atoms with E-state index in [2.05, 4.69) is 109 Å². The minimum absolute atomic E-state index is 0.140. The van der Waals surface area contributed by atoms with E-state index >= 15 is 0 Å². The number of fused-ring (bicyclic) bond motifs is 3. The number of para-hydroxylation sites is 1. The van der Waals surface area contributed by atoms with Gasteiger partial charge < -0.3 is 5.32 Å². The molecule has 3 unspecified atom stereocenters. The van der Waals surface area contributed by atoms with Crippen LogP contribution < -0.4 is 5.32 Å². The number of nitrogens with one attached hydrogen (secondary N) is 1. The molecule has 2 aromatic rings. The van der Waals surface area contributed by atoms with Gasteiger partial charge in [-0.1, -0.05) is 97.2 Å². The molecule has 2 aromatic carbocycles. The van der Waals surface area contributed by atoms with Crippen LogP contribution in [0.15, 0.2) is 112 Å². The predicted octanol–water partition coefficient (Wildman–Crippen LogP) is 8.43. The van der Waals surface area contributed by atoms with Crippen LogP contribution in [-0.2, 0) is 12.8 Å². The van der Waals surface area contributed by atoms with Gasteiger partial charge in [-0.3, -0.25) is 4.99 Å².